The third-order valence-corrected chi connectivity index (χ3v) is 4.55. The number of hydrogen-bond donors (Lipinski definition) is 0. The number of esters is 1. The second-order valence-corrected chi connectivity index (χ2v) is 6.67. The fourth-order valence-corrected chi connectivity index (χ4v) is 3.16. The maximum absolute atomic E-state index is 10.9. The number of carbonyl (C=O) groups is 1. The number of unbranched alkanes of at least 4 members (excludes halogenated alkanes) is 2. The number of hydrogen-bond acceptors (Lipinski definition) is 2. The monoisotopic (exact) mass is 432 g/mol. The van der Waals surface area contributed by atoms with Crippen molar-refractivity contribution < 1.29 is 48.0 Å². The van der Waals surface area contributed by atoms with Crippen LogP contribution in [0.15, 0.2) is 40.5 Å². The lowest BCUT2D eigenvalue weighted by Gasteiger charge is -1.96. The summed E-state index contributed by atoms with van der Waals surface area (Å²) in [6, 6.07) is 10.6. The van der Waals surface area contributed by atoms with E-state index >= 15 is 0 Å². The van der Waals surface area contributed by atoms with Gasteiger partial charge in [-0.1, -0.05) is 18.2 Å². The Bertz CT molecular complexity index is 432. The zero-order valence-corrected chi connectivity index (χ0v) is 14.3. The molecule has 0 aliphatic carbocycles. The summed E-state index contributed by atoms with van der Waals surface area (Å²) in [7, 11) is -4.56. The van der Waals surface area contributed by atoms with Crippen LogP contribution in [0.4, 0.5) is 17.3 Å². The molecule has 0 saturated carbocycles. The van der Waals surface area contributed by atoms with E-state index in [-0.39, 0.29) is 27.2 Å². The molecule has 1 aromatic carbocycles. The Labute approximate surface area is 138 Å². The van der Waals surface area contributed by atoms with Gasteiger partial charge in [0.15, 0.2) is 7.65 Å². The van der Waals surface area contributed by atoms with Gasteiger partial charge in [-0.25, -0.2) is 0 Å². The highest BCUT2D eigenvalue weighted by Gasteiger charge is 2.20. The summed E-state index contributed by atoms with van der Waals surface area (Å²) in [6.07, 6.45) is 5.81. The van der Waals surface area contributed by atoms with Crippen LogP contribution in [0.3, 0.4) is 0 Å². The van der Waals surface area contributed by atoms with Gasteiger partial charge >= 0.3 is 34.4 Å². The molecule has 8 heteroatoms. The van der Waals surface area contributed by atoms with Gasteiger partial charge in [-0.05, 0) is 37.5 Å². The van der Waals surface area contributed by atoms with E-state index in [9.17, 15) is 22.1 Å². The zero-order valence-electron chi connectivity index (χ0n) is 12.2. The topological polar surface area (TPSA) is 26.3 Å². The summed E-state index contributed by atoms with van der Waals surface area (Å²) in [6.45, 7) is 0. The lowest BCUT2D eigenvalue weighted by Crippen LogP contribution is -3.59. The molecule has 0 spiro atoms. The Hall–Kier alpha value is -1.06. The summed E-state index contributed by atoms with van der Waals surface area (Å²) in [5, 5.41) is 0. The molecule has 0 aliphatic heterocycles. The molecule has 1 rings (SSSR count). The van der Waals surface area contributed by atoms with E-state index in [0.717, 1.165) is 19.3 Å². The molecule has 1 aromatic rings. The first-order chi connectivity index (χ1) is 10.3. The van der Waals surface area contributed by atoms with Crippen LogP contribution in [0.25, 0.3) is 0 Å². The summed E-state index contributed by atoms with van der Waals surface area (Å²) in [5.41, 5.74) is 0. The smallest absolute Gasteiger partial charge is 0.469 e. The summed E-state index contributed by atoms with van der Waals surface area (Å²) < 4.78 is 47.3. The third kappa shape index (κ3) is 17.0. The molecule has 0 amide bonds. The van der Waals surface area contributed by atoms with E-state index in [1.807, 2.05) is 6.07 Å². The zero-order chi connectivity index (χ0) is 16.8. The minimum Gasteiger partial charge on any atom is -0.469 e. The lowest BCUT2D eigenvalue weighted by molar-refractivity contribution is -0.557. The second kappa shape index (κ2) is 12.5. The molecule has 2 nitrogen and oxygen atoms in total. The van der Waals surface area contributed by atoms with Crippen molar-refractivity contribution in [1.29, 1.82) is 0 Å². The Morgan fingerprint density at radius 3 is 2.32 bits per heavy atom. The van der Waals surface area contributed by atoms with E-state index in [4.69, 9.17) is 0 Å². The first-order valence-electron chi connectivity index (χ1n) is 6.60. The number of carbonyl (C=O) groups excluding carboxylic acids is 1. The van der Waals surface area contributed by atoms with Gasteiger partial charge in [0.05, 0.1) is 7.11 Å². The van der Waals surface area contributed by atoms with E-state index in [1.54, 1.807) is 0 Å². The molecule has 0 radical (unpaired) electrons. The largest absolute Gasteiger partial charge is 0.673 e. The van der Waals surface area contributed by atoms with Crippen molar-refractivity contribution in [3.8, 4) is 0 Å². The standard InChI is InChI=1S/C14H18IO2.BF4/c1-17-14(16)11-7-2-3-8-12-15-13-9-5-4-6-10-13;2-1(3,4)5/h4-6,8-10,12H,2-3,7,11H2,1H3;/q+1;-1/b12-8-;. The van der Waals surface area contributed by atoms with Crippen LogP contribution in [0, 0.1) is 3.57 Å². The predicted octanol–water partition coefficient (Wildman–Crippen LogP) is 1.49. The highest BCUT2D eigenvalue weighted by molar-refractivity contribution is 6.50. The minimum absolute atomic E-state index is 0.0163. The molecular weight excluding hydrogens is 414 g/mol. The highest BCUT2D eigenvalue weighted by Crippen LogP contribution is 2.06. The van der Waals surface area contributed by atoms with Gasteiger partial charge < -0.3 is 22.0 Å². The van der Waals surface area contributed by atoms with Gasteiger partial charge in [-0.15, -0.1) is 0 Å². The van der Waals surface area contributed by atoms with Crippen molar-refractivity contribution in [3.63, 3.8) is 0 Å². The molecule has 0 fully saturated rings. The lowest BCUT2D eigenvalue weighted by atomic mass is 10.2. The summed E-state index contributed by atoms with van der Waals surface area (Å²) in [4.78, 5) is 10.9. The number of methoxy groups -OCH3 is 1. The van der Waals surface area contributed by atoms with Gasteiger partial charge in [-0.3, -0.25) is 4.79 Å². The molecule has 22 heavy (non-hydrogen) atoms. The van der Waals surface area contributed by atoms with Crippen LogP contribution in [-0.2, 0) is 9.53 Å². The Balaban J connectivity index is 0.000000763. The molecule has 0 bridgehead atoms. The molecular formula is C14H18BF4IO2. The molecule has 0 heterocycles. The van der Waals surface area contributed by atoms with Crippen molar-refractivity contribution in [2.45, 2.75) is 25.7 Å². The molecule has 0 aliphatic rings. The summed E-state index contributed by atoms with van der Waals surface area (Å²) in [5.74, 6) is -0.106. The highest BCUT2D eigenvalue weighted by atomic mass is 127. The number of rotatable bonds is 7. The SMILES string of the molecule is COC(=O)CCCC/C=C\[I+]c1ccccc1.F[B-](F)(F)F. The van der Waals surface area contributed by atoms with Gasteiger partial charge in [0.25, 0.3) is 0 Å². The van der Waals surface area contributed by atoms with Crippen LogP contribution in [0.1, 0.15) is 25.7 Å². The first-order valence-corrected chi connectivity index (χ1v) is 8.93. The molecule has 0 saturated heterocycles. The van der Waals surface area contributed by atoms with Gasteiger partial charge in [0.1, 0.15) is 0 Å². The van der Waals surface area contributed by atoms with E-state index in [0.29, 0.717) is 6.42 Å². The Morgan fingerprint density at radius 2 is 1.77 bits per heavy atom. The van der Waals surface area contributed by atoms with E-state index < -0.39 is 7.25 Å². The fraction of sp³-hybridized carbons (Fsp3) is 0.357. The number of ether oxygens (including phenoxy) is 1. The number of benzene rings is 1. The molecule has 0 N–H and O–H groups in total. The van der Waals surface area contributed by atoms with Crippen LogP contribution in [0.5, 0.6) is 0 Å². The van der Waals surface area contributed by atoms with Gasteiger partial charge in [0, 0.05) is 6.42 Å². The van der Waals surface area contributed by atoms with Crippen molar-refractivity contribution in [2.75, 3.05) is 7.11 Å². The minimum atomic E-state index is -6.00. The van der Waals surface area contributed by atoms with Gasteiger partial charge in [0.2, 0.25) is 0 Å². The van der Waals surface area contributed by atoms with E-state index in [1.165, 1.54) is 10.7 Å². The first kappa shape index (κ1) is 20.9. The van der Waals surface area contributed by atoms with Crippen LogP contribution >= 0.6 is 0 Å². The van der Waals surface area contributed by atoms with Crippen LogP contribution in [-0.4, -0.2) is 20.3 Å². The van der Waals surface area contributed by atoms with Crippen molar-refractivity contribution >= 4 is 13.2 Å². The number of allylic oxidation sites excluding steroid dienone is 1. The molecule has 0 unspecified atom stereocenters. The van der Waals surface area contributed by atoms with Crippen molar-refractivity contribution in [3.05, 3.63) is 44.1 Å². The maximum atomic E-state index is 10.9. The van der Waals surface area contributed by atoms with Crippen molar-refractivity contribution in [1.82, 2.24) is 0 Å². The maximum Gasteiger partial charge on any atom is 0.673 e. The Kier molecular flexibility index (Phi) is 11.9. The normalized spacial score (nSPS) is 11.0. The van der Waals surface area contributed by atoms with Crippen molar-refractivity contribution in [2.24, 2.45) is 0 Å². The van der Waals surface area contributed by atoms with E-state index in [2.05, 4.69) is 39.2 Å². The summed E-state index contributed by atoms with van der Waals surface area (Å²) >= 11 is 0.0163. The van der Waals surface area contributed by atoms with Crippen LogP contribution in [0.2, 0.25) is 0 Å². The second-order valence-electron chi connectivity index (χ2n) is 4.08. The van der Waals surface area contributed by atoms with Crippen LogP contribution < -0.4 is 21.2 Å². The fourth-order valence-electron chi connectivity index (χ4n) is 1.30. The molecule has 0 atom stereocenters. The predicted molar refractivity (Wildman–Crippen MR) is 74.9 cm³/mol. The molecule has 0 aromatic heterocycles. The molecule has 124 valence electrons. The van der Waals surface area contributed by atoms with Gasteiger partial charge in [-0.2, -0.15) is 0 Å². The number of halogens is 5. The Morgan fingerprint density at radius 1 is 1.18 bits per heavy atom. The quantitative estimate of drug-likeness (QED) is 0.215. The third-order valence-electron chi connectivity index (χ3n) is 2.24. The average molecular weight is 432 g/mol. The average Bonchev–Trinajstić information content (AvgIpc) is 2.45.